The van der Waals surface area contributed by atoms with Gasteiger partial charge in [-0.15, -0.1) is 0 Å². The second kappa shape index (κ2) is 4.89. The second-order valence-corrected chi connectivity index (χ2v) is 3.48. The molecule has 0 radical (unpaired) electrons. The molecule has 0 aliphatic rings. The standard InChI is InChI=1S/C10H14N6O/c1-16-6-12-5-7(16)8(15-11)9-10(17-2)14-4-3-13-9/h3-6,8,15H,11H2,1-2H3. The highest BCUT2D eigenvalue weighted by Gasteiger charge is 2.21. The van der Waals surface area contributed by atoms with Gasteiger partial charge in [0.1, 0.15) is 11.7 Å². The molecule has 0 aliphatic carbocycles. The van der Waals surface area contributed by atoms with Gasteiger partial charge >= 0.3 is 0 Å². The van der Waals surface area contributed by atoms with Gasteiger partial charge in [-0.3, -0.25) is 10.8 Å². The van der Waals surface area contributed by atoms with E-state index in [1.165, 1.54) is 0 Å². The fourth-order valence-electron chi connectivity index (χ4n) is 1.64. The number of hydrogen-bond acceptors (Lipinski definition) is 6. The number of nitrogens with one attached hydrogen (secondary N) is 1. The fraction of sp³-hybridized carbons (Fsp3) is 0.300. The first-order chi connectivity index (χ1) is 8.27. The zero-order valence-electron chi connectivity index (χ0n) is 9.66. The SMILES string of the molecule is COc1nccnc1C(NN)c1cncn1C. The predicted octanol–water partition coefficient (Wildman–Crippen LogP) is -0.229. The maximum absolute atomic E-state index is 5.57. The van der Waals surface area contributed by atoms with Crippen molar-refractivity contribution in [2.24, 2.45) is 12.9 Å². The van der Waals surface area contributed by atoms with Crippen molar-refractivity contribution in [2.45, 2.75) is 6.04 Å². The molecule has 0 spiro atoms. The van der Waals surface area contributed by atoms with Crippen LogP contribution < -0.4 is 16.0 Å². The molecular weight excluding hydrogens is 220 g/mol. The molecule has 2 heterocycles. The van der Waals surface area contributed by atoms with Gasteiger partial charge in [0, 0.05) is 19.4 Å². The monoisotopic (exact) mass is 234 g/mol. The Morgan fingerprint density at radius 2 is 2.18 bits per heavy atom. The van der Waals surface area contributed by atoms with Crippen LogP contribution in [0.5, 0.6) is 5.88 Å². The molecule has 1 unspecified atom stereocenters. The number of aromatic nitrogens is 4. The molecule has 2 rings (SSSR count). The average molecular weight is 234 g/mol. The molecule has 90 valence electrons. The van der Waals surface area contributed by atoms with Crippen LogP contribution in [0.15, 0.2) is 24.9 Å². The van der Waals surface area contributed by atoms with Gasteiger partial charge in [-0.25, -0.2) is 15.4 Å². The summed E-state index contributed by atoms with van der Waals surface area (Å²) in [6.07, 6.45) is 6.58. The molecule has 1 atom stereocenters. The molecule has 0 saturated heterocycles. The van der Waals surface area contributed by atoms with Crippen LogP contribution in [0.2, 0.25) is 0 Å². The first-order valence-corrected chi connectivity index (χ1v) is 5.05. The van der Waals surface area contributed by atoms with Crippen molar-refractivity contribution in [3.05, 3.63) is 36.3 Å². The Balaban J connectivity index is 2.46. The van der Waals surface area contributed by atoms with E-state index in [1.54, 1.807) is 32.0 Å². The third kappa shape index (κ3) is 2.10. The number of hydrazine groups is 1. The number of ether oxygens (including phenoxy) is 1. The van der Waals surface area contributed by atoms with E-state index in [0.717, 1.165) is 5.69 Å². The Labute approximate surface area is 98.6 Å². The minimum absolute atomic E-state index is 0.314. The molecule has 2 aromatic heterocycles. The van der Waals surface area contributed by atoms with Crippen LogP contribution in [-0.2, 0) is 7.05 Å². The second-order valence-electron chi connectivity index (χ2n) is 3.48. The number of rotatable bonds is 4. The molecular formula is C10H14N6O. The molecule has 0 fully saturated rings. The number of aryl methyl sites for hydroxylation is 1. The fourth-order valence-corrected chi connectivity index (χ4v) is 1.64. The van der Waals surface area contributed by atoms with Gasteiger partial charge in [-0.1, -0.05) is 0 Å². The first-order valence-electron chi connectivity index (χ1n) is 5.05. The molecule has 0 amide bonds. The van der Waals surface area contributed by atoms with Gasteiger partial charge in [0.2, 0.25) is 5.88 Å². The lowest BCUT2D eigenvalue weighted by atomic mass is 10.1. The highest BCUT2D eigenvalue weighted by atomic mass is 16.5. The van der Waals surface area contributed by atoms with E-state index in [-0.39, 0.29) is 6.04 Å². The molecule has 0 aliphatic heterocycles. The van der Waals surface area contributed by atoms with Crippen LogP contribution in [0, 0.1) is 0 Å². The Morgan fingerprint density at radius 1 is 1.41 bits per heavy atom. The molecule has 0 aromatic carbocycles. The zero-order chi connectivity index (χ0) is 12.3. The maximum atomic E-state index is 5.57. The third-order valence-electron chi connectivity index (χ3n) is 2.47. The summed E-state index contributed by atoms with van der Waals surface area (Å²) in [5.41, 5.74) is 4.20. The molecule has 0 saturated carbocycles. The van der Waals surface area contributed by atoms with Crippen LogP contribution in [0.1, 0.15) is 17.4 Å². The lowest BCUT2D eigenvalue weighted by Gasteiger charge is -2.17. The van der Waals surface area contributed by atoms with E-state index in [9.17, 15) is 0 Å². The summed E-state index contributed by atoms with van der Waals surface area (Å²) in [4.78, 5) is 12.4. The van der Waals surface area contributed by atoms with E-state index < -0.39 is 0 Å². The molecule has 7 nitrogen and oxygen atoms in total. The van der Waals surface area contributed by atoms with Crippen LogP contribution in [0.3, 0.4) is 0 Å². The van der Waals surface area contributed by atoms with E-state index in [1.807, 2.05) is 11.6 Å². The van der Waals surface area contributed by atoms with Crippen molar-refractivity contribution >= 4 is 0 Å². The van der Waals surface area contributed by atoms with E-state index in [2.05, 4.69) is 20.4 Å². The number of imidazole rings is 1. The summed E-state index contributed by atoms with van der Waals surface area (Å²) < 4.78 is 7.03. The normalized spacial score (nSPS) is 12.4. The van der Waals surface area contributed by atoms with Crippen molar-refractivity contribution in [3.8, 4) is 5.88 Å². The number of nitrogens with zero attached hydrogens (tertiary/aromatic N) is 4. The quantitative estimate of drug-likeness (QED) is 0.561. The largest absolute Gasteiger partial charge is 0.480 e. The van der Waals surface area contributed by atoms with Gasteiger partial charge in [-0.2, -0.15) is 0 Å². The Morgan fingerprint density at radius 3 is 2.76 bits per heavy atom. The summed E-state index contributed by atoms with van der Waals surface area (Å²) in [6.45, 7) is 0. The minimum Gasteiger partial charge on any atom is -0.480 e. The van der Waals surface area contributed by atoms with Crippen molar-refractivity contribution in [3.63, 3.8) is 0 Å². The zero-order valence-corrected chi connectivity index (χ0v) is 9.66. The van der Waals surface area contributed by atoms with Crippen molar-refractivity contribution in [1.29, 1.82) is 0 Å². The van der Waals surface area contributed by atoms with E-state index in [4.69, 9.17) is 10.6 Å². The molecule has 7 heteroatoms. The summed E-state index contributed by atoms with van der Waals surface area (Å²) in [5, 5.41) is 0. The predicted molar refractivity (Wildman–Crippen MR) is 61.0 cm³/mol. The van der Waals surface area contributed by atoms with Crippen LogP contribution in [0.25, 0.3) is 0 Å². The van der Waals surface area contributed by atoms with Crippen molar-refractivity contribution < 1.29 is 4.74 Å². The van der Waals surface area contributed by atoms with Gasteiger partial charge < -0.3 is 9.30 Å². The summed E-state index contributed by atoms with van der Waals surface area (Å²) in [5.74, 6) is 6.02. The molecule has 0 bridgehead atoms. The van der Waals surface area contributed by atoms with E-state index in [0.29, 0.717) is 11.6 Å². The highest BCUT2D eigenvalue weighted by Crippen LogP contribution is 2.24. The Bertz CT molecular complexity index is 497. The Kier molecular flexibility index (Phi) is 3.31. The topological polar surface area (TPSA) is 90.9 Å². The van der Waals surface area contributed by atoms with Crippen molar-refractivity contribution in [1.82, 2.24) is 24.9 Å². The first kappa shape index (κ1) is 11.5. The number of methoxy groups -OCH3 is 1. The van der Waals surface area contributed by atoms with Crippen LogP contribution >= 0.6 is 0 Å². The number of hydrogen-bond donors (Lipinski definition) is 2. The number of nitrogens with two attached hydrogens (primary N) is 1. The van der Waals surface area contributed by atoms with Gasteiger partial charge in [0.15, 0.2) is 0 Å². The smallest absolute Gasteiger partial charge is 0.237 e. The van der Waals surface area contributed by atoms with Crippen LogP contribution in [-0.4, -0.2) is 26.6 Å². The van der Waals surface area contributed by atoms with Crippen molar-refractivity contribution in [2.75, 3.05) is 7.11 Å². The lowest BCUT2D eigenvalue weighted by molar-refractivity contribution is 0.381. The van der Waals surface area contributed by atoms with Gasteiger partial charge in [0.25, 0.3) is 0 Å². The van der Waals surface area contributed by atoms with Crippen LogP contribution in [0.4, 0.5) is 0 Å². The summed E-state index contributed by atoms with van der Waals surface area (Å²) in [7, 11) is 3.43. The molecule has 3 N–H and O–H groups in total. The molecule has 2 aromatic rings. The highest BCUT2D eigenvalue weighted by molar-refractivity contribution is 5.28. The molecule has 17 heavy (non-hydrogen) atoms. The summed E-state index contributed by atoms with van der Waals surface area (Å²) in [6, 6.07) is -0.314. The summed E-state index contributed by atoms with van der Waals surface area (Å²) >= 11 is 0. The van der Waals surface area contributed by atoms with Gasteiger partial charge in [0.05, 0.1) is 25.3 Å². The third-order valence-corrected chi connectivity index (χ3v) is 2.47. The maximum Gasteiger partial charge on any atom is 0.237 e. The lowest BCUT2D eigenvalue weighted by Crippen LogP contribution is -2.31. The van der Waals surface area contributed by atoms with E-state index >= 15 is 0 Å². The minimum atomic E-state index is -0.314. The Hall–Kier alpha value is -1.99. The average Bonchev–Trinajstić information content (AvgIpc) is 2.78. The van der Waals surface area contributed by atoms with Gasteiger partial charge in [-0.05, 0) is 0 Å².